The van der Waals surface area contributed by atoms with Crippen LogP contribution in [0.5, 0.6) is 5.75 Å². The minimum absolute atomic E-state index is 0.0931. The number of rotatable bonds is 4. The van der Waals surface area contributed by atoms with Gasteiger partial charge in [0.25, 0.3) is 0 Å². The average molecular weight is 285 g/mol. The van der Waals surface area contributed by atoms with Crippen LogP contribution in [0.4, 0.5) is 0 Å². The van der Waals surface area contributed by atoms with E-state index in [2.05, 4.69) is 17.6 Å². The van der Waals surface area contributed by atoms with Gasteiger partial charge in [-0.25, -0.2) is 4.98 Å². The van der Waals surface area contributed by atoms with E-state index in [0.29, 0.717) is 6.54 Å². The number of hydrogen-bond acceptors (Lipinski definition) is 3. The Balaban J connectivity index is 2.10. The molecular formula is C17H23N3O. The lowest BCUT2D eigenvalue weighted by Crippen LogP contribution is -2.24. The summed E-state index contributed by atoms with van der Waals surface area (Å²) in [4.78, 5) is 4.77. The number of fused-ring (bicyclic) bond motifs is 1. The van der Waals surface area contributed by atoms with E-state index < -0.39 is 0 Å². The second-order valence-electron chi connectivity index (χ2n) is 5.62. The molecule has 1 aromatic carbocycles. The van der Waals surface area contributed by atoms with E-state index >= 15 is 0 Å². The first-order chi connectivity index (χ1) is 10.3. The number of imidazole rings is 1. The van der Waals surface area contributed by atoms with Gasteiger partial charge in [0.2, 0.25) is 0 Å². The Kier molecular flexibility index (Phi) is 3.97. The molecule has 0 saturated heterocycles. The van der Waals surface area contributed by atoms with Gasteiger partial charge in [-0.1, -0.05) is 18.2 Å². The Morgan fingerprint density at radius 3 is 2.81 bits per heavy atom. The van der Waals surface area contributed by atoms with Crippen LogP contribution >= 0.6 is 0 Å². The number of para-hydroxylation sites is 1. The van der Waals surface area contributed by atoms with Crippen LogP contribution in [0.2, 0.25) is 0 Å². The van der Waals surface area contributed by atoms with E-state index in [9.17, 15) is 0 Å². The van der Waals surface area contributed by atoms with Crippen LogP contribution < -0.4 is 10.5 Å². The van der Waals surface area contributed by atoms with Gasteiger partial charge in [-0.2, -0.15) is 0 Å². The van der Waals surface area contributed by atoms with E-state index in [1.54, 1.807) is 7.11 Å². The molecule has 1 aliphatic rings. The van der Waals surface area contributed by atoms with Crippen molar-refractivity contribution < 1.29 is 4.74 Å². The molecule has 2 N–H and O–H groups in total. The second kappa shape index (κ2) is 5.90. The monoisotopic (exact) mass is 285 g/mol. The molecule has 1 heterocycles. The average Bonchev–Trinajstić information content (AvgIpc) is 2.85. The van der Waals surface area contributed by atoms with Gasteiger partial charge in [0.15, 0.2) is 0 Å². The highest BCUT2D eigenvalue weighted by atomic mass is 16.5. The third-order valence-electron chi connectivity index (χ3n) is 4.38. The first-order valence-corrected chi connectivity index (χ1v) is 7.65. The summed E-state index contributed by atoms with van der Waals surface area (Å²) in [6.45, 7) is 2.63. The fourth-order valence-corrected chi connectivity index (χ4v) is 3.42. The Hall–Kier alpha value is -1.81. The predicted molar refractivity (Wildman–Crippen MR) is 83.8 cm³/mol. The molecule has 21 heavy (non-hydrogen) atoms. The molecule has 0 saturated carbocycles. The maximum absolute atomic E-state index is 6.12. The summed E-state index contributed by atoms with van der Waals surface area (Å²) in [7, 11) is 1.71. The number of ether oxygens (including phenoxy) is 1. The molecule has 112 valence electrons. The van der Waals surface area contributed by atoms with Crippen LogP contribution in [0, 0.1) is 6.92 Å². The van der Waals surface area contributed by atoms with E-state index in [4.69, 9.17) is 15.5 Å². The van der Waals surface area contributed by atoms with Gasteiger partial charge in [0, 0.05) is 17.8 Å². The van der Waals surface area contributed by atoms with Crippen molar-refractivity contribution in [1.29, 1.82) is 0 Å². The highest BCUT2D eigenvalue weighted by molar-refractivity contribution is 5.38. The number of hydrogen-bond donors (Lipinski definition) is 1. The highest BCUT2D eigenvalue weighted by Crippen LogP contribution is 2.32. The summed E-state index contributed by atoms with van der Waals surface area (Å²) in [5, 5.41) is 0. The van der Waals surface area contributed by atoms with E-state index in [1.807, 2.05) is 18.2 Å². The number of aromatic nitrogens is 2. The zero-order valence-electron chi connectivity index (χ0n) is 12.8. The van der Waals surface area contributed by atoms with Gasteiger partial charge in [-0.05, 0) is 38.7 Å². The summed E-state index contributed by atoms with van der Waals surface area (Å²) >= 11 is 0. The zero-order chi connectivity index (χ0) is 14.8. The normalized spacial score (nSPS) is 15.6. The van der Waals surface area contributed by atoms with Crippen LogP contribution in [-0.4, -0.2) is 23.2 Å². The lowest BCUT2D eigenvalue weighted by Gasteiger charge is -2.24. The molecule has 1 unspecified atom stereocenters. The summed E-state index contributed by atoms with van der Waals surface area (Å²) in [6.07, 6.45) is 4.67. The molecule has 0 spiro atoms. The molecule has 4 heteroatoms. The Bertz CT molecular complexity index is 633. The minimum atomic E-state index is 0.0931. The number of nitrogens with zero attached hydrogens (tertiary/aromatic N) is 2. The predicted octanol–water partition coefficient (Wildman–Crippen LogP) is 2.63. The van der Waals surface area contributed by atoms with E-state index in [0.717, 1.165) is 30.0 Å². The van der Waals surface area contributed by atoms with Crippen LogP contribution in [0.15, 0.2) is 24.3 Å². The third kappa shape index (κ3) is 2.44. The van der Waals surface area contributed by atoms with Gasteiger partial charge in [0.05, 0.1) is 18.8 Å². The van der Waals surface area contributed by atoms with Crippen molar-refractivity contribution in [2.24, 2.45) is 5.73 Å². The molecule has 0 amide bonds. The van der Waals surface area contributed by atoms with Crippen molar-refractivity contribution in [1.82, 2.24) is 9.55 Å². The first-order valence-electron chi connectivity index (χ1n) is 7.65. The minimum Gasteiger partial charge on any atom is -0.496 e. The van der Waals surface area contributed by atoms with Gasteiger partial charge in [-0.15, -0.1) is 0 Å². The van der Waals surface area contributed by atoms with Crippen molar-refractivity contribution in [3.8, 4) is 5.75 Å². The maximum Gasteiger partial charge on any atom is 0.124 e. The molecule has 0 bridgehead atoms. The fraction of sp³-hybridized carbons (Fsp3) is 0.471. The lowest BCUT2D eigenvalue weighted by molar-refractivity contribution is 0.399. The van der Waals surface area contributed by atoms with Crippen molar-refractivity contribution in [2.75, 3.05) is 13.7 Å². The van der Waals surface area contributed by atoms with Crippen LogP contribution in [0.25, 0.3) is 0 Å². The van der Waals surface area contributed by atoms with Gasteiger partial charge in [0.1, 0.15) is 11.6 Å². The third-order valence-corrected chi connectivity index (χ3v) is 4.38. The lowest BCUT2D eigenvalue weighted by atomic mass is 9.99. The molecule has 1 aromatic heterocycles. The summed E-state index contributed by atoms with van der Waals surface area (Å²) < 4.78 is 7.85. The summed E-state index contributed by atoms with van der Waals surface area (Å²) in [5.41, 5.74) is 9.87. The second-order valence-corrected chi connectivity index (χ2v) is 5.62. The standard InChI is InChI=1S/C17H23N3O/c1-12-19-14-8-4-5-9-15(14)20(12)16(11-18)13-7-3-6-10-17(13)21-2/h3,6-7,10,16H,4-5,8-9,11,18H2,1-2H3. The smallest absolute Gasteiger partial charge is 0.124 e. The molecular weight excluding hydrogens is 262 g/mol. The van der Waals surface area contributed by atoms with Crippen LogP contribution in [-0.2, 0) is 12.8 Å². The van der Waals surface area contributed by atoms with Crippen molar-refractivity contribution in [2.45, 2.75) is 38.6 Å². The maximum atomic E-state index is 6.12. The largest absolute Gasteiger partial charge is 0.496 e. The molecule has 1 aliphatic carbocycles. The SMILES string of the molecule is COc1ccccc1C(CN)n1c(C)nc2c1CCCC2. The van der Waals surface area contributed by atoms with Crippen LogP contribution in [0.1, 0.15) is 41.7 Å². The summed E-state index contributed by atoms with van der Waals surface area (Å²) in [5.74, 6) is 1.95. The Morgan fingerprint density at radius 2 is 2.05 bits per heavy atom. The molecule has 1 atom stereocenters. The topological polar surface area (TPSA) is 53.1 Å². The van der Waals surface area contributed by atoms with E-state index in [1.165, 1.54) is 24.2 Å². The van der Waals surface area contributed by atoms with Crippen molar-refractivity contribution in [3.05, 3.63) is 47.0 Å². The fourth-order valence-electron chi connectivity index (χ4n) is 3.42. The molecule has 2 aromatic rings. The molecule has 0 aliphatic heterocycles. The number of methoxy groups -OCH3 is 1. The summed E-state index contributed by atoms with van der Waals surface area (Å²) in [6, 6.07) is 8.23. The molecule has 0 radical (unpaired) electrons. The van der Waals surface area contributed by atoms with Crippen molar-refractivity contribution in [3.63, 3.8) is 0 Å². The Morgan fingerprint density at radius 1 is 1.29 bits per heavy atom. The number of aryl methyl sites for hydroxylation is 2. The molecule has 0 fully saturated rings. The Labute approximate surface area is 125 Å². The van der Waals surface area contributed by atoms with E-state index in [-0.39, 0.29) is 6.04 Å². The molecule has 4 nitrogen and oxygen atoms in total. The zero-order valence-corrected chi connectivity index (χ0v) is 12.8. The first kappa shape index (κ1) is 14.1. The molecule has 3 rings (SSSR count). The van der Waals surface area contributed by atoms with Gasteiger partial charge < -0.3 is 15.0 Å². The number of nitrogens with two attached hydrogens (primary N) is 1. The van der Waals surface area contributed by atoms with Gasteiger partial charge in [-0.3, -0.25) is 0 Å². The van der Waals surface area contributed by atoms with Crippen LogP contribution in [0.3, 0.4) is 0 Å². The number of benzene rings is 1. The van der Waals surface area contributed by atoms with Crippen molar-refractivity contribution >= 4 is 0 Å². The highest BCUT2D eigenvalue weighted by Gasteiger charge is 2.25. The quantitative estimate of drug-likeness (QED) is 0.939. The van der Waals surface area contributed by atoms with Gasteiger partial charge >= 0.3 is 0 Å².